The Bertz CT molecular complexity index is 282. The van der Waals surface area contributed by atoms with Gasteiger partial charge in [0.05, 0.1) is 11.7 Å². The van der Waals surface area contributed by atoms with Crippen LogP contribution in [0.25, 0.3) is 0 Å². The van der Waals surface area contributed by atoms with E-state index < -0.39 is 11.5 Å². The SMILES string of the molecule is CC1(C)CCC(CC2(C(=O)O)CCCN2)O1. The molecular formula is C12H21NO3. The van der Waals surface area contributed by atoms with Gasteiger partial charge in [-0.2, -0.15) is 0 Å². The average molecular weight is 227 g/mol. The maximum absolute atomic E-state index is 11.4. The van der Waals surface area contributed by atoms with Gasteiger partial charge in [0, 0.05) is 6.42 Å². The fourth-order valence-electron chi connectivity index (χ4n) is 2.86. The second kappa shape index (κ2) is 4.00. The molecule has 92 valence electrons. The summed E-state index contributed by atoms with van der Waals surface area (Å²) in [6, 6.07) is 0. The molecule has 0 aromatic heterocycles. The molecule has 0 aromatic rings. The molecule has 0 saturated carbocycles. The predicted octanol–water partition coefficient (Wildman–Crippen LogP) is 1.54. The van der Waals surface area contributed by atoms with Crippen molar-refractivity contribution in [1.29, 1.82) is 0 Å². The largest absolute Gasteiger partial charge is 0.480 e. The zero-order chi connectivity index (χ0) is 11.8. The first-order valence-corrected chi connectivity index (χ1v) is 6.10. The Balaban J connectivity index is 2.00. The smallest absolute Gasteiger partial charge is 0.323 e. The average Bonchev–Trinajstić information content (AvgIpc) is 2.74. The first-order valence-electron chi connectivity index (χ1n) is 6.10. The van der Waals surface area contributed by atoms with Crippen LogP contribution in [0.15, 0.2) is 0 Å². The van der Waals surface area contributed by atoms with Gasteiger partial charge in [-0.25, -0.2) is 0 Å². The molecule has 2 saturated heterocycles. The summed E-state index contributed by atoms with van der Waals surface area (Å²) >= 11 is 0. The number of carbonyl (C=O) groups is 1. The minimum Gasteiger partial charge on any atom is -0.480 e. The van der Waals surface area contributed by atoms with Gasteiger partial charge in [0.1, 0.15) is 5.54 Å². The maximum atomic E-state index is 11.4. The van der Waals surface area contributed by atoms with E-state index in [1.165, 1.54) is 0 Å². The number of ether oxygens (including phenoxy) is 1. The summed E-state index contributed by atoms with van der Waals surface area (Å²) in [6.07, 6.45) is 4.37. The van der Waals surface area contributed by atoms with Gasteiger partial charge in [0.25, 0.3) is 0 Å². The van der Waals surface area contributed by atoms with Crippen molar-refractivity contribution in [3.05, 3.63) is 0 Å². The van der Waals surface area contributed by atoms with Gasteiger partial charge in [0.15, 0.2) is 0 Å². The number of hydrogen-bond acceptors (Lipinski definition) is 3. The highest BCUT2D eigenvalue weighted by Gasteiger charge is 2.45. The molecule has 2 aliphatic heterocycles. The maximum Gasteiger partial charge on any atom is 0.323 e. The fourth-order valence-corrected chi connectivity index (χ4v) is 2.86. The van der Waals surface area contributed by atoms with E-state index in [0.717, 1.165) is 32.2 Å². The summed E-state index contributed by atoms with van der Waals surface area (Å²) in [5.74, 6) is -0.724. The van der Waals surface area contributed by atoms with Crippen LogP contribution in [-0.4, -0.2) is 34.9 Å². The normalized spacial score (nSPS) is 37.8. The number of hydrogen-bond donors (Lipinski definition) is 2. The van der Waals surface area contributed by atoms with Gasteiger partial charge < -0.3 is 15.2 Å². The van der Waals surface area contributed by atoms with E-state index in [2.05, 4.69) is 19.2 Å². The van der Waals surface area contributed by atoms with Gasteiger partial charge in [-0.1, -0.05) is 0 Å². The molecule has 4 nitrogen and oxygen atoms in total. The number of aliphatic carboxylic acids is 1. The Morgan fingerprint density at radius 1 is 1.50 bits per heavy atom. The molecule has 2 rings (SSSR count). The monoisotopic (exact) mass is 227 g/mol. The Labute approximate surface area is 96.4 Å². The summed E-state index contributed by atoms with van der Waals surface area (Å²) in [7, 11) is 0. The highest BCUT2D eigenvalue weighted by molar-refractivity contribution is 5.79. The third-order valence-electron chi connectivity index (χ3n) is 3.78. The van der Waals surface area contributed by atoms with Crippen LogP contribution >= 0.6 is 0 Å². The number of rotatable bonds is 3. The van der Waals surface area contributed by atoms with Crippen LogP contribution in [0.1, 0.15) is 46.0 Å². The molecule has 0 aromatic carbocycles. The van der Waals surface area contributed by atoms with Gasteiger partial charge in [-0.05, 0) is 46.1 Å². The first-order chi connectivity index (χ1) is 7.44. The minimum absolute atomic E-state index is 0.0804. The molecule has 0 amide bonds. The van der Waals surface area contributed by atoms with Crippen LogP contribution in [0.5, 0.6) is 0 Å². The molecule has 2 N–H and O–H groups in total. The Hall–Kier alpha value is -0.610. The zero-order valence-electron chi connectivity index (χ0n) is 10.1. The van der Waals surface area contributed by atoms with Crippen LogP contribution in [-0.2, 0) is 9.53 Å². The molecule has 0 radical (unpaired) electrons. The molecule has 2 aliphatic rings. The van der Waals surface area contributed by atoms with E-state index in [0.29, 0.717) is 6.42 Å². The van der Waals surface area contributed by atoms with E-state index in [1.807, 2.05) is 0 Å². The van der Waals surface area contributed by atoms with Crippen molar-refractivity contribution in [2.75, 3.05) is 6.54 Å². The lowest BCUT2D eigenvalue weighted by Crippen LogP contribution is -2.50. The van der Waals surface area contributed by atoms with Gasteiger partial charge in [0.2, 0.25) is 0 Å². The van der Waals surface area contributed by atoms with Crippen molar-refractivity contribution >= 4 is 5.97 Å². The lowest BCUT2D eigenvalue weighted by molar-refractivity contribution is -0.146. The Kier molecular flexibility index (Phi) is 2.97. The lowest BCUT2D eigenvalue weighted by atomic mass is 9.89. The zero-order valence-corrected chi connectivity index (χ0v) is 10.1. The van der Waals surface area contributed by atoms with Crippen LogP contribution in [0.3, 0.4) is 0 Å². The van der Waals surface area contributed by atoms with Crippen molar-refractivity contribution in [1.82, 2.24) is 5.32 Å². The van der Waals surface area contributed by atoms with Crippen LogP contribution in [0, 0.1) is 0 Å². The third-order valence-corrected chi connectivity index (χ3v) is 3.78. The predicted molar refractivity (Wildman–Crippen MR) is 60.4 cm³/mol. The van der Waals surface area contributed by atoms with E-state index >= 15 is 0 Å². The van der Waals surface area contributed by atoms with Crippen molar-refractivity contribution in [3.8, 4) is 0 Å². The topological polar surface area (TPSA) is 58.6 Å². The second-order valence-electron chi connectivity index (χ2n) is 5.66. The second-order valence-corrected chi connectivity index (χ2v) is 5.66. The summed E-state index contributed by atoms with van der Waals surface area (Å²) in [5, 5.41) is 12.5. The van der Waals surface area contributed by atoms with E-state index in [1.54, 1.807) is 0 Å². The fraction of sp³-hybridized carbons (Fsp3) is 0.917. The number of nitrogens with one attached hydrogen (secondary N) is 1. The molecule has 0 aliphatic carbocycles. The van der Waals surface area contributed by atoms with Crippen molar-refractivity contribution in [2.24, 2.45) is 0 Å². The summed E-state index contributed by atoms with van der Waals surface area (Å²) in [6.45, 7) is 4.95. The van der Waals surface area contributed by atoms with Gasteiger partial charge in [-0.3, -0.25) is 4.79 Å². The quantitative estimate of drug-likeness (QED) is 0.768. The molecular weight excluding hydrogens is 206 g/mol. The Morgan fingerprint density at radius 3 is 2.69 bits per heavy atom. The molecule has 2 atom stereocenters. The molecule has 16 heavy (non-hydrogen) atoms. The van der Waals surface area contributed by atoms with Crippen LogP contribution < -0.4 is 5.32 Å². The van der Waals surface area contributed by atoms with E-state index in [9.17, 15) is 9.90 Å². The molecule has 2 unspecified atom stereocenters. The van der Waals surface area contributed by atoms with Crippen LogP contribution in [0.4, 0.5) is 0 Å². The summed E-state index contributed by atoms with van der Waals surface area (Å²) < 4.78 is 5.88. The summed E-state index contributed by atoms with van der Waals surface area (Å²) in [5.41, 5.74) is -0.811. The summed E-state index contributed by atoms with van der Waals surface area (Å²) in [4.78, 5) is 11.4. The highest BCUT2D eigenvalue weighted by Crippen LogP contribution is 2.36. The molecule has 2 heterocycles. The standard InChI is InChI=1S/C12H21NO3/c1-11(2)6-4-9(16-11)8-12(10(14)15)5-3-7-13-12/h9,13H,3-8H2,1-2H3,(H,14,15). The van der Waals surface area contributed by atoms with Crippen molar-refractivity contribution in [3.63, 3.8) is 0 Å². The van der Waals surface area contributed by atoms with E-state index in [4.69, 9.17) is 4.74 Å². The number of carboxylic acid groups (broad SMARTS) is 1. The van der Waals surface area contributed by atoms with Gasteiger partial charge in [-0.15, -0.1) is 0 Å². The van der Waals surface area contributed by atoms with Crippen molar-refractivity contribution in [2.45, 2.75) is 63.2 Å². The molecule has 0 spiro atoms. The molecule has 0 bridgehead atoms. The molecule has 4 heteroatoms. The molecule has 2 fully saturated rings. The minimum atomic E-state index is -0.731. The first kappa shape index (κ1) is 11.9. The van der Waals surface area contributed by atoms with Crippen LogP contribution in [0.2, 0.25) is 0 Å². The van der Waals surface area contributed by atoms with Gasteiger partial charge >= 0.3 is 5.97 Å². The number of carboxylic acids is 1. The van der Waals surface area contributed by atoms with E-state index in [-0.39, 0.29) is 11.7 Å². The Morgan fingerprint density at radius 2 is 2.25 bits per heavy atom. The van der Waals surface area contributed by atoms with Crippen molar-refractivity contribution < 1.29 is 14.6 Å². The lowest BCUT2D eigenvalue weighted by Gasteiger charge is -2.28. The third kappa shape index (κ3) is 2.23. The highest BCUT2D eigenvalue weighted by atomic mass is 16.5.